The van der Waals surface area contributed by atoms with E-state index >= 15 is 0 Å². The van der Waals surface area contributed by atoms with E-state index in [1.165, 1.54) is 16.7 Å². The van der Waals surface area contributed by atoms with Crippen molar-refractivity contribution in [3.8, 4) is 0 Å². The summed E-state index contributed by atoms with van der Waals surface area (Å²) in [4.78, 5) is 55.8. The number of nitrogens with two attached hydrogens (primary N) is 2. The zero-order chi connectivity index (χ0) is 42.1. The van der Waals surface area contributed by atoms with Crippen molar-refractivity contribution in [3.05, 3.63) is 101 Å². The molecule has 0 aliphatic carbocycles. The van der Waals surface area contributed by atoms with Gasteiger partial charge in [0.1, 0.15) is 17.1 Å². The number of amides is 3. The van der Waals surface area contributed by atoms with Crippen LogP contribution in [0.5, 0.6) is 0 Å². The molecule has 4 heterocycles. The Kier molecular flexibility index (Phi) is 15.6. The van der Waals surface area contributed by atoms with E-state index in [0.717, 1.165) is 64.2 Å². The maximum atomic E-state index is 14.7. The molecule has 0 bridgehead atoms. The monoisotopic (exact) mass is 842 g/mol. The van der Waals surface area contributed by atoms with Gasteiger partial charge in [-0.1, -0.05) is 73.6 Å². The molecule has 1 unspecified atom stereocenters. The van der Waals surface area contributed by atoms with E-state index < -0.39 is 24.0 Å². The summed E-state index contributed by atoms with van der Waals surface area (Å²) in [5.74, 6) is -1.01. The van der Waals surface area contributed by atoms with E-state index in [0.29, 0.717) is 36.0 Å². The maximum absolute atomic E-state index is 14.7. The Hall–Kier alpha value is -4.28. The molecule has 0 spiro atoms. The number of nitrogens with zero attached hydrogens (tertiary/aromatic N) is 3. The van der Waals surface area contributed by atoms with Crippen molar-refractivity contribution in [2.75, 3.05) is 46.3 Å². The lowest BCUT2D eigenvalue weighted by Gasteiger charge is -2.39. The molecular formula is C44H59ClN10O3S. The number of pyridine rings is 1. The van der Waals surface area contributed by atoms with Crippen LogP contribution in [0.1, 0.15) is 54.9 Å². The van der Waals surface area contributed by atoms with Crippen molar-refractivity contribution < 1.29 is 14.4 Å². The van der Waals surface area contributed by atoms with Crippen molar-refractivity contribution in [2.24, 2.45) is 17.4 Å². The van der Waals surface area contributed by atoms with E-state index in [1.54, 1.807) is 13.2 Å². The molecule has 1 fully saturated rings. The SMILES string of the molecule is C=CC([C@H](C)[C@H](C)c1ccc(Cl)c2c1CNC(=O)[C@H](Cc1c[nH]c3ccccc13)N(C)C(=O)[C@H](CN)NC(=O)[C@H](CCCN)NCc1cccnc1S2)N1CCNCC1. The second-order valence-corrected chi connectivity index (χ2v) is 17.0. The zero-order valence-corrected chi connectivity index (χ0v) is 35.9. The molecule has 2 aliphatic rings. The molecule has 4 aromatic rings. The normalized spacial score (nSPS) is 21.8. The van der Waals surface area contributed by atoms with Crippen LogP contribution in [-0.4, -0.2) is 108 Å². The molecule has 6 atom stereocenters. The Labute approximate surface area is 356 Å². The molecular weight excluding hydrogens is 784 g/mol. The standard InChI is InChI=1S/C44H59ClN10O3S/c1-5-38(55-20-18-48-19-21-55)28(3)27(2)31-14-15-34(45)40-33(31)26-52-42(57)39(22-30-25-50-35-12-7-6-11-32(30)35)54(4)44(58)37(23-47)53-41(56)36(13-8-16-46)51-24-29-10-9-17-49-43(29)59-40/h5-7,9-12,14-15,17,25,27-28,36-39,48,50-51H,1,8,13,16,18-24,26,46-47H2,2-4H3,(H,52,57)(H,53,56)/t27-,28+,36-,37-,38?,39-/m0/s1. The molecule has 2 aromatic heterocycles. The number of hydrogen-bond acceptors (Lipinski definition) is 10. The largest absolute Gasteiger partial charge is 0.361 e. The van der Waals surface area contributed by atoms with Crippen LogP contribution in [0.2, 0.25) is 5.02 Å². The number of piperazine rings is 1. The second-order valence-electron chi connectivity index (χ2n) is 15.6. The lowest BCUT2D eigenvalue weighted by molar-refractivity contribution is -0.141. The van der Waals surface area contributed by atoms with Crippen LogP contribution in [0.4, 0.5) is 0 Å². The van der Waals surface area contributed by atoms with Crippen LogP contribution in [0, 0.1) is 5.92 Å². The van der Waals surface area contributed by atoms with Crippen LogP contribution in [-0.2, 0) is 33.9 Å². The number of carbonyl (C=O) groups excluding carboxylic acids is 3. The number of H-pyrrole nitrogens is 1. The summed E-state index contributed by atoms with van der Waals surface area (Å²) >= 11 is 8.59. The minimum absolute atomic E-state index is 0.0346. The fraction of sp³-hybridized carbons (Fsp3) is 0.455. The first-order chi connectivity index (χ1) is 28.6. The molecule has 3 amide bonds. The maximum Gasteiger partial charge on any atom is 0.246 e. The number of aromatic amines is 1. The summed E-state index contributed by atoms with van der Waals surface area (Å²) in [7, 11) is 1.60. The van der Waals surface area contributed by atoms with E-state index in [2.05, 4.69) is 63.7 Å². The number of para-hydroxylation sites is 1. The van der Waals surface area contributed by atoms with Crippen LogP contribution in [0.3, 0.4) is 0 Å². The smallest absolute Gasteiger partial charge is 0.246 e. The number of benzene rings is 2. The van der Waals surface area contributed by atoms with E-state index in [4.69, 9.17) is 28.1 Å². The van der Waals surface area contributed by atoms with E-state index in [9.17, 15) is 14.4 Å². The predicted octanol–water partition coefficient (Wildman–Crippen LogP) is 3.91. The number of likely N-dealkylation sites (N-methyl/N-ethyl adjacent to an activating group) is 1. The fourth-order valence-electron chi connectivity index (χ4n) is 8.32. The average molecular weight is 844 g/mol. The molecule has 0 saturated carbocycles. The van der Waals surface area contributed by atoms with Gasteiger partial charge in [0.25, 0.3) is 0 Å². The second kappa shape index (κ2) is 20.8. The van der Waals surface area contributed by atoms with Crippen molar-refractivity contribution in [2.45, 2.75) is 86.2 Å². The van der Waals surface area contributed by atoms with Gasteiger partial charge < -0.3 is 42.6 Å². The number of fused-ring (bicyclic) bond motifs is 3. The van der Waals surface area contributed by atoms with Crippen molar-refractivity contribution in [1.82, 2.24) is 41.0 Å². The van der Waals surface area contributed by atoms with Gasteiger partial charge in [-0.25, -0.2) is 4.98 Å². The van der Waals surface area contributed by atoms with Gasteiger partial charge in [0.2, 0.25) is 17.7 Å². The highest BCUT2D eigenvalue weighted by atomic mass is 35.5. The molecule has 13 nitrogen and oxygen atoms in total. The fourth-order valence-corrected chi connectivity index (χ4v) is 9.67. The summed E-state index contributed by atoms with van der Waals surface area (Å²) < 4.78 is 0. The van der Waals surface area contributed by atoms with Crippen LogP contribution in [0.25, 0.3) is 10.9 Å². The lowest BCUT2D eigenvalue weighted by Crippen LogP contribution is -2.59. The highest BCUT2D eigenvalue weighted by molar-refractivity contribution is 7.99. The van der Waals surface area contributed by atoms with Gasteiger partial charge in [-0.05, 0) is 71.7 Å². The first kappa shape index (κ1) is 44.3. The molecule has 2 aromatic carbocycles. The molecule has 9 N–H and O–H groups in total. The highest BCUT2D eigenvalue weighted by Crippen LogP contribution is 2.42. The quantitative estimate of drug-likeness (QED) is 0.109. The molecule has 316 valence electrons. The zero-order valence-electron chi connectivity index (χ0n) is 34.3. The molecule has 6 rings (SSSR count). The molecule has 1 saturated heterocycles. The number of nitrogens with one attached hydrogen (secondary N) is 5. The van der Waals surface area contributed by atoms with Crippen LogP contribution < -0.4 is 32.7 Å². The van der Waals surface area contributed by atoms with Crippen molar-refractivity contribution >= 4 is 52.0 Å². The van der Waals surface area contributed by atoms with Crippen molar-refractivity contribution in [1.29, 1.82) is 0 Å². The Balaban J connectivity index is 1.45. The first-order valence-corrected chi connectivity index (χ1v) is 21.8. The third-order valence-corrected chi connectivity index (χ3v) is 13.6. The summed E-state index contributed by atoms with van der Waals surface area (Å²) in [6.07, 6.45) is 6.89. The Morgan fingerprint density at radius 1 is 1.02 bits per heavy atom. The molecule has 15 heteroatoms. The van der Waals surface area contributed by atoms with Crippen molar-refractivity contribution in [3.63, 3.8) is 0 Å². The topological polar surface area (TPSA) is 187 Å². The summed E-state index contributed by atoms with van der Waals surface area (Å²) in [6.45, 7) is 13.1. The number of aromatic nitrogens is 2. The average Bonchev–Trinajstić information content (AvgIpc) is 3.67. The third kappa shape index (κ3) is 10.4. The number of hydrogen-bond donors (Lipinski definition) is 7. The minimum Gasteiger partial charge on any atom is -0.361 e. The van der Waals surface area contributed by atoms with Gasteiger partial charge in [-0.3, -0.25) is 19.3 Å². The third-order valence-electron chi connectivity index (χ3n) is 12.0. The lowest BCUT2D eigenvalue weighted by atomic mass is 9.81. The Morgan fingerprint density at radius 2 is 1.80 bits per heavy atom. The van der Waals surface area contributed by atoms with Crippen LogP contribution >= 0.6 is 23.4 Å². The number of halogens is 1. The summed E-state index contributed by atoms with van der Waals surface area (Å²) in [5.41, 5.74) is 16.7. The van der Waals surface area contributed by atoms with Gasteiger partial charge in [-0.15, -0.1) is 6.58 Å². The van der Waals surface area contributed by atoms with Gasteiger partial charge in [0, 0.05) is 93.5 Å². The summed E-state index contributed by atoms with van der Waals surface area (Å²) in [6, 6.07) is 13.1. The number of rotatable bonds is 11. The number of carbonyl (C=O) groups is 3. The molecule has 0 radical (unpaired) electrons. The molecule has 59 heavy (non-hydrogen) atoms. The first-order valence-electron chi connectivity index (χ1n) is 20.6. The Morgan fingerprint density at radius 3 is 2.54 bits per heavy atom. The van der Waals surface area contributed by atoms with Gasteiger partial charge in [0.05, 0.1) is 11.1 Å². The van der Waals surface area contributed by atoms with Gasteiger partial charge in [-0.2, -0.15) is 0 Å². The minimum atomic E-state index is -1.07. The van der Waals surface area contributed by atoms with E-state index in [1.807, 2.05) is 48.7 Å². The Bertz CT molecular complexity index is 2090. The predicted molar refractivity (Wildman–Crippen MR) is 236 cm³/mol. The van der Waals surface area contributed by atoms with E-state index in [-0.39, 0.29) is 49.2 Å². The van der Waals surface area contributed by atoms with Crippen LogP contribution in [0.15, 0.2) is 83.5 Å². The van der Waals surface area contributed by atoms with Gasteiger partial charge >= 0.3 is 0 Å². The van der Waals surface area contributed by atoms with Gasteiger partial charge in [0.15, 0.2) is 0 Å². The summed E-state index contributed by atoms with van der Waals surface area (Å²) in [5, 5.41) is 15.2. The molecule has 2 aliphatic heterocycles. The highest BCUT2D eigenvalue weighted by Gasteiger charge is 2.35.